The van der Waals surface area contributed by atoms with Crippen LogP contribution in [0.1, 0.15) is 18.1 Å². The van der Waals surface area contributed by atoms with Crippen molar-refractivity contribution in [1.29, 1.82) is 5.26 Å². The lowest BCUT2D eigenvalue weighted by Crippen LogP contribution is -2.28. The van der Waals surface area contributed by atoms with E-state index < -0.39 is 0 Å². The van der Waals surface area contributed by atoms with Crippen LogP contribution in [0.5, 0.6) is 5.75 Å². The van der Waals surface area contributed by atoms with Gasteiger partial charge >= 0.3 is 0 Å². The number of benzene rings is 2. The van der Waals surface area contributed by atoms with Crippen molar-refractivity contribution in [1.82, 2.24) is 14.5 Å². The Hall–Kier alpha value is -4.42. The lowest BCUT2D eigenvalue weighted by Gasteiger charge is -2.21. The van der Waals surface area contributed by atoms with Gasteiger partial charge < -0.3 is 9.30 Å². The SMILES string of the molecule is C=CCn1ccnc1-c1sc(-c2ccnc(N(Cc3ccc(OC)cc3)C(C)=O)c2)c(C#N)c1-c1ccc(Cl)cc1Cl. The van der Waals surface area contributed by atoms with Crippen LogP contribution >= 0.6 is 34.5 Å². The summed E-state index contributed by atoms with van der Waals surface area (Å²) in [6, 6.07) is 18.8. The third-order valence-corrected chi connectivity index (χ3v) is 8.41. The molecule has 0 spiro atoms. The highest BCUT2D eigenvalue weighted by atomic mass is 35.5. The monoisotopic (exact) mass is 613 g/mol. The van der Waals surface area contributed by atoms with E-state index in [4.69, 9.17) is 27.9 Å². The Kier molecular flexibility index (Phi) is 8.74. The van der Waals surface area contributed by atoms with E-state index in [1.54, 1.807) is 42.6 Å². The molecule has 10 heteroatoms. The summed E-state index contributed by atoms with van der Waals surface area (Å²) in [6.07, 6.45) is 7.01. The van der Waals surface area contributed by atoms with Crippen molar-refractivity contribution in [2.75, 3.05) is 12.0 Å². The van der Waals surface area contributed by atoms with Crippen molar-refractivity contribution in [3.63, 3.8) is 0 Å². The van der Waals surface area contributed by atoms with E-state index in [1.165, 1.54) is 18.3 Å². The van der Waals surface area contributed by atoms with E-state index in [9.17, 15) is 10.1 Å². The number of imidazole rings is 1. The van der Waals surface area contributed by atoms with Crippen molar-refractivity contribution < 1.29 is 9.53 Å². The number of allylic oxidation sites excluding steroid dienone is 1. The Morgan fingerprint density at radius 1 is 1.12 bits per heavy atom. The molecule has 0 aliphatic heterocycles. The molecule has 7 nitrogen and oxygen atoms in total. The van der Waals surface area contributed by atoms with Gasteiger partial charge in [0.15, 0.2) is 5.82 Å². The molecule has 5 aromatic rings. The van der Waals surface area contributed by atoms with Crippen LogP contribution in [0.25, 0.3) is 32.3 Å². The fourth-order valence-electron chi connectivity index (χ4n) is 4.63. The quantitative estimate of drug-likeness (QED) is 0.156. The maximum Gasteiger partial charge on any atom is 0.225 e. The van der Waals surface area contributed by atoms with Gasteiger partial charge in [-0.2, -0.15) is 5.26 Å². The summed E-state index contributed by atoms with van der Waals surface area (Å²) in [5.41, 5.74) is 3.43. The van der Waals surface area contributed by atoms with Gasteiger partial charge in [-0.05, 0) is 47.5 Å². The summed E-state index contributed by atoms with van der Waals surface area (Å²) in [5, 5.41) is 11.4. The van der Waals surface area contributed by atoms with Crippen LogP contribution in [0.15, 0.2) is 85.8 Å². The van der Waals surface area contributed by atoms with Crippen LogP contribution in [-0.4, -0.2) is 27.6 Å². The van der Waals surface area contributed by atoms with Crippen molar-refractivity contribution in [3.8, 4) is 44.1 Å². The molecule has 0 N–H and O–H groups in total. The van der Waals surface area contributed by atoms with Crippen molar-refractivity contribution >= 4 is 46.3 Å². The smallest absolute Gasteiger partial charge is 0.225 e. The first-order valence-electron chi connectivity index (χ1n) is 12.9. The van der Waals surface area contributed by atoms with Gasteiger partial charge in [0.1, 0.15) is 17.6 Å². The first-order valence-corrected chi connectivity index (χ1v) is 14.4. The molecule has 3 heterocycles. The van der Waals surface area contributed by atoms with Gasteiger partial charge in [-0.15, -0.1) is 17.9 Å². The number of carbonyl (C=O) groups is 1. The lowest BCUT2D eigenvalue weighted by molar-refractivity contribution is -0.116. The number of hydrogen-bond acceptors (Lipinski definition) is 6. The minimum Gasteiger partial charge on any atom is -0.497 e. The Balaban J connectivity index is 1.66. The third kappa shape index (κ3) is 5.81. The number of anilines is 1. The Labute approximate surface area is 257 Å². The van der Waals surface area contributed by atoms with Gasteiger partial charge in [-0.1, -0.05) is 47.5 Å². The molecule has 0 bridgehead atoms. The number of methoxy groups -OCH3 is 1. The molecule has 3 aromatic heterocycles. The highest BCUT2D eigenvalue weighted by Gasteiger charge is 2.26. The molecule has 2 aromatic carbocycles. The van der Waals surface area contributed by atoms with Crippen LogP contribution in [0.2, 0.25) is 10.0 Å². The number of nitriles is 1. The minimum atomic E-state index is -0.164. The predicted octanol–water partition coefficient (Wildman–Crippen LogP) is 8.27. The van der Waals surface area contributed by atoms with E-state index in [0.717, 1.165) is 21.8 Å². The van der Waals surface area contributed by atoms with Crippen LogP contribution in [0, 0.1) is 11.3 Å². The molecule has 42 heavy (non-hydrogen) atoms. The largest absolute Gasteiger partial charge is 0.497 e. The second kappa shape index (κ2) is 12.6. The van der Waals surface area contributed by atoms with Crippen LogP contribution in [0.3, 0.4) is 0 Å². The summed E-state index contributed by atoms with van der Waals surface area (Å²) in [5.74, 6) is 1.72. The van der Waals surface area contributed by atoms with Gasteiger partial charge in [-0.3, -0.25) is 9.69 Å². The molecule has 0 saturated carbocycles. The van der Waals surface area contributed by atoms with Crippen molar-refractivity contribution in [3.05, 3.63) is 107 Å². The van der Waals surface area contributed by atoms with Gasteiger partial charge in [0.2, 0.25) is 5.91 Å². The Bertz CT molecular complexity index is 1820. The van der Waals surface area contributed by atoms with Gasteiger partial charge in [-0.25, -0.2) is 9.97 Å². The Morgan fingerprint density at radius 2 is 1.90 bits per heavy atom. The molecular formula is C32H25Cl2N5O2S. The molecule has 0 radical (unpaired) electrons. The summed E-state index contributed by atoms with van der Waals surface area (Å²) < 4.78 is 7.21. The first-order chi connectivity index (χ1) is 20.3. The van der Waals surface area contributed by atoms with E-state index in [-0.39, 0.29) is 5.91 Å². The molecule has 5 rings (SSSR count). The van der Waals surface area contributed by atoms with Crippen LogP contribution in [-0.2, 0) is 17.9 Å². The van der Waals surface area contributed by atoms with Gasteiger partial charge in [0.25, 0.3) is 0 Å². The molecule has 0 aliphatic rings. The predicted molar refractivity (Wildman–Crippen MR) is 169 cm³/mol. The summed E-state index contributed by atoms with van der Waals surface area (Å²) in [4.78, 5) is 25.0. The van der Waals surface area contributed by atoms with Gasteiger partial charge in [0.05, 0.1) is 29.0 Å². The molecular weight excluding hydrogens is 589 g/mol. The maximum absolute atomic E-state index is 12.8. The fraction of sp³-hybridized carbons (Fsp3) is 0.125. The number of aromatic nitrogens is 3. The van der Waals surface area contributed by atoms with E-state index in [1.807, 2.05) is 53.2 Å². The van der Waals surface area contributed by atoms with Crippen molar-refractivity contribution in [2.24, 2.45) is 0 Å². The zero-order valence-electron chi connectivity index (χ0n) is 22.8. The zero-order chi connectivity index (χ0) is 29.8. The normalized spacial score (nSPS) is 10.7. The Morgan fingerprint density at radius 3 is 2.57 bits per heavy atom. The van der Waals surface area contributed by atoms with Crippen molar-refractivity contribution in [2.45, 2.75) is 20.0 Å². The summed E-state index contributed by atoms with van der Waals surface area (Å²) >= 11 is 14.3. The third-order valence-electron chi connectivity index (χ3n) is 6.63. The molecule has 0 aliphatic carbocycles. The summed E-state index contributed by atoms with van der Waals surface area (Å²) in [6.45, 7) is 6.22. The number of carbonyl (C=O) groups excluding carboxylic acids is 1. The number of thiophene rings is 1. The first kappa shape index (κ1) is 29.1. The standard InChI is InChI=1S/C32H25Cl2N5O2S/c1-4-14-38-15-13-37-32(38)31-29(25-10-7-23(33)17-27(25)34)26(18-35)30(42-31)22-11-12-36-28(16-22)39(20(2)40)19-21-5-8-24(41-3)9-6-21/h4-13,15-17H,1,14,19H2,2-3H3. The molecule has 0 saturated heterocycles. The number of pyridine rings is 1. The average Bonchev–Trinajstić information content (AvgIpc) is 3.60. The average molecular weight is 615 g/mol. The molecule has 0 unspecified atom stereocenters. The second-order valence-corrected chi connectivity index (χ2v) is 11.2. The lowest BCUT2D eigenvalue weighted by atomic mass is 9.98. The highest BCUT2D eigenvalue weighted by Crippen LogP contribution is 2.48. The molecule has 0 fully saturated rings. The van der Waals surface area contributed by atoms with E-state index in [2.05, 4.69) is 22.6 Å². The van der Waals surface area contributed by atoms with E-state index >= 15 is 0 Å². The molecule has 0 atom stereocenters. The fourth-order valence-corrected chi connectivity index (χ4v) is 6.40. The topological polar surface area (TPSA) is 84.0 Å². The van der Waals surface area contributed by atoms with Crippen LogP contribution < -0.4 is 9.64 Å². The molecule has 210 valence electrons. The highest BCUT2D eigenvalue weighted by molar-refractivity contribution is 7.19. The zero-order valence-corrected chi connectivity index (χ0v) is 25.2. The number of halogens is 2. The maximum atomic E-state index is 12.8. The molecule has 1 amide bonds. The number of rotatable bonds is 9. The number of hydrogen-bond donors (Lipinski definition) is 0. The van der Waals surface area contributed by atoms with E-state index in [0.29, 0.717) is 56.3 Å². The second-order valence-electron chi connectivity index (χ2n) is 9.29. The number of nitrogens with zero attached hydrogens (tertiary/aromatic N) is 5. The number of ether oxygens (including phenoxy) is 1. The minimum absolute atomic E-state index is 0.164. The number of amides is 1. The summed E-state index contributed by atoms with van der Waals surface area (Å²) in [7, 11) is 1.61. The van der Waals surface area contributed by atoms with Crippen LogP contribution in [0.4, 0.5) is 5.82 Å². The van der Waals surface area contributed by atoms with Gasteiger partial charge in [0, 0.05) is 53.2 Å².